The summed E-state index contributed by atoms with van der Waals surface area (Å²) in [5.41, 5.74) is 7.82. The zero-order valence-corrected chi connectivity index (χ0v) is 23.9. The van der Waals surface area contributed by atoms with Crippen LogP contribution >= 0.6 is 0 Å². The van der Waals surface area contributed by atoms with E-state index in [1.165, 1.54) is 4.90 Å². The Morgan fingerprint density at radius 3 is 2.60 bits per heavy atom. The standard InChI is InChI=1S/C31H40N4O5/c1-6-31(7-2)16-24(36)35(29(32)34-31)25-22-14-19(12-13-23(22)40-17-18(3)26(25)39-5)28(37)33-27-21-11-9-8-10-20(21)15-30(27,4)38/h8-14,18,25-27,38H,6-7,15-17H2,1-5H3,(H2,32,34)(H,33,37)/t18?,25-,26?,27?,30+/m0/s1. The Kier molecular flexibility index (Phi) is 7.39. The number of aliphatic imine (C=N–C) groups is 1. The Balaban J connectivity index is 1.54. The highest BCUT2D eigenvalue weighted by Crippen LogP contribution is 2.43. The fraction of sp³-hybridized carbons (Fsp3) is 0.516. The molecule has 9 nitrogen and oxygen atoms in total. The van der Waals surface area contributed by atoms with E-state index in [0.29, 0.717) is 42.7 Å². The molecule has 2 amide bonds. The molecule has 5 rings (SSSR count). The van der Waals surface area contributed by atoms with Gasteiger partial charge < -0.3 is 25.6 Å². The summed E-state index contributed by atoms with van der Waals surface area (Å²) in [4.78, 5) is 33.7. The molecule has 0 fully saturated rings. The van der Waals surface area contributed by atoms with Crippen LogP contribution in [0.25, 0.3) is 0 Å². The van der Waals surface area contributed by atoms with E-state index >= 15 is 0 Å². The highest BCUT2D eigenvalue weighted by atomic mass is 16.5. The topological polar surface area (TPSA) is 126 Å². The molecule has 3 aliphatic rings. The lowest BCUT2D eigenvalue weighted by molar-refractivity contribution is -0.135. The van der Waals surface area contributed by atoms with Crippen LogP contribution in [0.3, 0.4) is 0 Å². The van der Waals surface area contributed by atoms with E-state index in [-0.39, 0.29) is 30.1 Å². The first-order valence-electron chi connectivity index (χ1n) is 14.1. The van der Waals surface area contributed by atoms with Crippen LogP contribution in [0, 0.1) is 5.92 Å². The van der Waals surface area contributed by atoms with Crippen molar-refractivity contribution in [3.05, 3.63) is 64.7 Å². The van der Waals surface area contributed by atoms with Gasteiger partial charge in [0.2, 0.25) is 5.91 Å². The van der Waals surface area contributed by atoms with Crippen LogP contribution in [0.5, 0.6) is 5.75 Å². The highest BCUT2D eigenvalue weighted by molar-refractivity contribution is 6.00. The number of nitrogens with one attached hydrogen (secondary N) is 1. The molecule has 0 saturated heterocycles. The number of ether oxygens (including phenoxy) is 2. The molecule has 9 heteroatoms. The molecule has 2 aromatic carbocycles. The number of hydrogen-bond donors (Lipinski definition) is 3. The van der Waals surface area contributed by atoms with E-state index in [9.17, 15) is 14.7 Å². The van der Waals surface area contributed by atoms with Crippen molar-refractivity contribution in [1.29, 1.82) is 0 Å². The molecule has 0 spiro atoms. The van der Waals surface area contributed by atoms with Crippen LogP contribution in [0.4, 0.5) is 0 Å². The average molecular weight is 549 g/mol. The van der Waals surface area contributed by atoms with Gasteiger partial charge in [0.25, 0.3) is 5.91 Å². The van der Waals surface area contributed by atoms with Crippen LogP contribution in [-0.4, -0.2) is 58.7 Å². The van der Waals surface area contributed by atoms with E-state index in [1.807, 2.05) is 45.0 Å². The number of nitrogens with two attached hydrogens (primary N) is 1. The second-order valence-electron chi connectivity index (χ2n) is 11.7. The van der Waals surface area contributed by atoms with E-state index in [1.54, 1.807) is 32.2 Å². The number of methoxy groups -OCH3 is 1. The third kappa shape index (κ3) is 4.75. The van der Waals surface area contributed by atoms with E-state index < -0.39 is 29.3 Å². The highest BCUT2D eigenvalue weighted by Gasteiger charge is 2.46. The summed E-state index contributed by atoms with van der Waals surface area (Å²) in [6, 6.07) is 11.8. The van der Waals surface area contributed by atoms with Gasteiger partial charge in [0.15, 0.2) is 5.96 Å². The van der Waals surface area contributed by atoms with Crippen molar-refractivity contribution < 1.29 is 24.2 Å². The smallest absolute Gasteiger partial charge is 0.251 e. The van der Waals surface area contributed by atoms with Gasteiger partial charge in [0.1, 0.15) is 5.75 Å². The van der Waals surface area contributed by atoms with Gasteiger partial charge in [0, 0.05) is 30.6 Å². The summed E-state index contributed by atoms with van der Waals surface area (Å²) < 4.78 is 12.1. The van der Waals surface area contributed by atoms with Gasteiger partial charge in [-0.2, -0.15) is 0 Å². The molecule has 4 N–H and O–H groups in total. The quantitative estimate of drug-likeness (QED) is 0.506. The number of carbonyl (C=O) groups is 2. The van der Waals surface area contributed by atoms with Crippen LogP contribution < -0.4 is 15.8 Å². The van der Waals surface area contributed by atoms with E-state index in [2.05, 4.69) is 5.32 Å². The van der Waals surface area contributed by atoms with Gasteiger partial charge in [0.05, 0.1) is 42.4 Å². The minimum Gasteiger partial charge on any atom is -0.493 e. The number of hydrogen-bond acceptors (Lipinski definition) is 7. The first kappa shape index (κ1) is 28.1. The fourth-order valence-electron chi connectivity index (χ4n) is 6.54. The second kappa shape index (κ2) is 10.5. The van der Waals surface area contributed by atoms with Gasteiger partial charge in [-0.05, 0) is 49.1 Å². The lowest BCUT2D eigenvalue weighted by atomic mass is 9.85. The minimum absolute atomic E-state index is 0.0746. The van der Waals surface area contributed by atoms with Crippen molar-refractivity contribution in [3.63, 3.8) is 0 Å². The number of amides is 2. The molecule has 0 aromatic heterocycles. The van der Waals surface area contributed by atoms with Crippen molar-refractivity contribution in [2.24, 2.45) is 16.6 Å². The Bertz CT molecular complexity index is 1330. The molecule has 3 unspecified atom stereocenters. The van der Waals surface area contributed by atoms with Crippen LogP contribution in [0.2, 0.25) is 0 Å². The molecule has 2 aromatic rings. The van der Waals surface area contributed by atoms with Gasteiger partial charge in [-0.25, -0.2) is 4.99 Å². The molecule has 214 valence electrons. The summed E-state index contributed by atoms with van der Waals surface area (Å²) in [6.07, 6.45) is 1.66. The summed E-state index contributed by atoms with van der Waals surface area (Å²) >= 11 is 0. The molecule has 1 aliphatic carbocycles. The molecule has 2 aliphatic heterocycles. The van der Waals surface area contributed by atoms with Gasteiger partial charge in [-0.1, -0.05) is 45.0 Å². The average Bonchev–Trinajstić information content (AvgIpc) is 3.10. The van der Waals surface area contributed by atoms with Gasteiger partial charge in [-0.15, -0.1) is 0 Å². The van der Waals surface area contributed by atoms with Gasteiger partial charge in [-0.3, -0.25) is 14.5 Å². The maximum atomic E-state index is 13.7. The fourth-order valence-corrected chi connectivity index (χ4v) is 6.54. The Morgan fingerprint density at radius 2 is 1.93 bits per heavy atom. The van der Waals surface area contributed by atoms with Crippen LogP contribution in [-0.2, 0) is 16.0 Å². The van der Waals surface area contributed by atoms with Crippen molar-refractivity contribution in [1.82, 2.24) is 10.2 Å². The maximum absolute atomic E-state index is 13.7. The van der Waals surface area contributed by atoms with E-state index in [0.717, 1.165) is 11.1 Å². The number of benzene rings is 2. The first-order valence-corrected chi connectivity index (χ1v) is 14.1. The Hall–Kier alpha value is -3.43. The summed E-state index contributed by atoms with van der Waals surface area (Å²) in [7, 11) is 1.61. The third-order valence-electron chi connectivity index (χ3n) is 8.99. The molecule has 0 saturated carbocycles. The lowest BCUT2D eigenvalue weighted by Gasteiger charge is -2.42. The molecular formula is C31H40N4O5. The maximum Gasteiger partial charge on any atom is 0.251 e. The predicted molar refractivity (Wildman–Crippen MR) is 152 cm³/mol. The van der Waals surface area contributed by atoms with Crippen molar-refractivity contribution in [3.8, 4) is 5.75 Å². The van der Waals surface area contributed by atoms with Crippen molar-refractivity contribution in [2.75, 3.05) is 13.7 Å². The number of fused-ring (bicyclic) bond motifs is 2. The molecule has 0 bridgehead atoms. The minimum atomic E-state index is -1.12. The predicted octanol–water partition coefficient (Wildman–Crippen LogP) is 3.66. The summed E-state index contributed by atoms with van der Waals surface area (Å²) in [6.45, 7) is 8.15. The number of nitrogens with zero attached hydrogens (tertiary/aromatic N) is 2. The number of aliphatic hydroxyl groups is 1. The Labute approximate surface area is 235 Å². The number of carbonyl (C=O) groups excluding carboxylic acids is 2. The zero-order valence-electron chi connectivity index (χ0n) is 23.9. The summed E-state index contributed by atoms with van der Waals surface area (Å²) in [5.74, 6) is 0.179. The third-order valence-corrected chi connectivity index (χ3v) is 8.99. The van der Waals surface area contributed by atoms with Crippen molar-refractivity contribution >= 4 is 17.8 Å². The second-order valence-corrected chi connectivity index (χ2v) is 11.7. The monoisotopic (exact) mass is 548 g/mol. The van der Waals surface area contributed by atoms with E-state index in [4.69, 9.17) is 20.2 Å². The zero-order chi connectivity index (χ0) is 28.8. The molecular weight excluding hydrogens is 508 g/mol. The van der Waals surface area contributed by atoms with Crippen LogP contribution in [0.15, 0.2) is 47.5 Å². The molecule has 2 heterocycles. The largest absolute Gasteiger partial charge is 0.493 e. The normalized spacial score (nSPS) is 29.1. The molecule has 0 radical (unpaired) electrons. The van der Waals surface area contributed by atoms with Crippen LogP contribution in [0.1, 0.15) is 86.1 Å². The lowest BCUT2D eigenvalue weighted by Crippen LogP contribution is -2.55. The number of guanidine groups is 1. The summed E-state index contributed by atoms with van der Waals surface area (Å²) in [5, 5.41) is 14.2. The molecule has 40 heavy (non-hydrogen) atoms. The first-order chi connectivity index (χ1) is 19.0. The number of rotatable bonds is 6. The molecule has 5 atom stereocenters. The van der Waals surface area contributed by atoms with Crippen molar-refractivity contribution in [2.45, 2.75) is 82.7 Å². The Morgan fingerprint density at radius 1 is 1.20 bits per heavy atom. The van der Waals surface area contributed by atoms with Gasteiger partial charge >= 0.3 is 0 Å². The SMILES string of the molecule is CCC1(CC)CC(=O)N([C@H]2c3cc(C(=O)NC4c5ccccc5C[C@@]4(C)O)ccc3OCC(C)C2OC)C(N)=N1.